The van der Waals surface area contributed by atoms with Crippen LogP contribution in [0.2, 0.25) is 0 Å². The number of ether oxygens (including phenoxy) is 1. The predicted octanol–water partition coefficient (Wildman–Crippen LogP) is 1.26. The van der Waals surface area contributed by atoms with Crippen LogP contribution < -0.4 is 0 Å². The Hall–Kier alpha value is -0.120. The molecule has 1 saturated carbocycles. The number of morpholine rings is 1. The second-order valence-electron chi connectivity index (χ2n) is 5.30. The van der Waals surface area contributed by atoms with E-state index in [1.54, 1.807) is 0 Å². The molecule has 1 saturated heterocycles. The summed E-state index contributed by atoms with van der Waals surface area (Å²) in [5, 5.41) is 10.5. The molecule has 0 spiro atoms. The van der Waals surface area contributed by atoms with Crippen molar-refractivity contribution < 1.29 is 9.84 Å². The Morgan fingerprint density at radius 3 is 2.47 bits per heavy atom. The Morgan fingerprint density at radius 1 is 1.27 bits per heavy atom. The van der Waals surface area contributed by atoms with Gasteiger partial charge in [0.15, 0.2) is 0 Å². The molecule has 0 unspecified atom stereocenters. The Morgan fingerprint density at radius 2 is 1.87 bits per heavy atom. The van der Waals surface area contributed by atoms with Crippen molar-refractivity contribution in [1.29, 1.82) is 0 Å². The van der Waals surface area contributed by atoms with Crippen LogP contribution in [0.3, 0.4) is 0 Å². The number of hydrogen-bond donors (Lipinski definition) is 1. The van der Waals surface area contributed by atoms with Gasteiger partial charge in [-0.1, -0.05) is 6.92 Å². The van der Waals surface area contributed by atoms with Gasteiger partial charge in [-0.3, -0.25) is 4.90 Å². The van der Waals surface area contributed by atoms with E-state index in [1.165, 1.54) is 12.8 Å². The first-order valence-electron chi connectivity index (χ1n) is 6.20. The maximum absolute atomic E-state index is 10.5. The smallest absolute Gasteiger partial charge is 0.0774 e. The molecule has 0 amide bonds. The van der Waals surface area contributed by atoms with E-state index in [1.807, 2.05) is 0 Å². The molecule has 3 heteroatoms. The lowest BCUT2D eigenvalue weighted by molar-refractivity contribution is -0.0568. The first kappa shape index (κ1) is 11.4. The van der Waals surface area contributed by atoms with Gasteiger partial charge in [0.25, 0.3) is 0 Å². The zero-order valence-electron chi connectivity index (χ0n) is 9.74. The van der Waals surface area contributed by atoms with Crippen LogP contribution in [0.15, 0.2) is 0 Å². The molecule has 1 aliphatic heterocycles. The van der Waals surface area contributed by atoms with Crippen LogP contribution >= 0.6 is 0 Å². The van der Waals surface area contributed by atoms with Crippen molar-refractivity contribution in [2.24, 2.45) is 5.92 Å². The van der Waals surface area contributed by atoms with Crippen LogP contribution in [0.25, 0.3) is 0 Å². The van der Waals surface area contributed by atoms with E-state index in [9.17, 15) is 5.11 Å². The van der Waals surface area contributed by atoms with Gasteiger partial charge in [0, 0.05) is 19.6 Å². The molecule has 1 heterocycles. The molecule has 0 atom stereocenters. The second kappa shape index (κ2) is 4.81. The van der Waals surface area contributed by atoms with Gasteiger partial charge in [-0.05, 0) is 31.6 Å². The highest BCUT2D eigenvalue weighted by atomic mass is 16.5. The quantitative estimate of drug-likeness (QED) is 0.749. The number of β-amino-alcohol motifs (C(OH)–C–C–N with tert-alkyl or cyclic N) is 1. The average Bonchev–Trinajstić information content (AvgIpc) is 2.24. The van der Waals surface area contributed by atoms with Crippen molar-refractivity contribution in [2.45, 2.75) is 38.2 Å². The van der Waals surface area contributed by atoms with Crippen LogP contribution in [0.5, 0.6) is 0 Å². The van der Waals surface area contributed by atoms with Crippen molar-refractivity contribution in [3.05, 3.63) is 0 Å². The average molecular weight is 213 g/mol. The SMILES string of the molecule is CC1CCC(O)(CN2CCOCC2)CC1. The number of nitrogens with zero attached hydrogens (tertiary/aromatic N) is 1. The molecule has 2 rings (SSSR count). The topological polar surface area (TPSA) is 32.7 Å². The van der Waals surface area contributed by atoms with Gasteiger partial charge in [-0.15, -0.1) is 0 Å². The summed E-state index contributed by atoms with van der Waals surface area (Å²) in [6.07, 6.45) is 4.32. The molecule has 0 bridgehead atoms. The fraction of sp³-hybridized carbons (Fsp3) is 1.00. The molecular formula is C12H23NO2. The van der Waals surface area contributed by atoms with Crippen LogP contribution in [0, 0.1) is 5.92 Å². The van der Waals surface area contributed by atoms with Gasteiger partial charge in [0.2, 0.25) is 0 Å². The Kier molecular flexibility index (Phi) is 3.65. The second-order valence-corrected chi connectivity index (χ2v) is 5.30. The maximum atomic E-state index is 10.5. The maximum Gasteiger partial charge on any atom is 0.0774 e. The Labute approximate surface area is 92.4 Å². The number of aliphatic hydroxyl groups is 1. The van der Waals surface area contributed by atoms with E-state index < -0.39 is 5.60 Å². The first-order valence-corrected chi connectivity index (χ1v) is 6.20. The third-order valence-corrected chi connectivity index (χ3v) is 3.83. The first-order chi connectivity index (χ1) is 7.18. The molecule has 1 N–H and O–H groups in total. The Bertz CT molecular complexity index is 194. The Balaban J connectivity index is 1.81. The highest BCUT2D eigenvalue weighted by Gasteiger charge is 2.33. The fourth-order valence-corrected chi connectivity index (χ4v) is 2.63. The van der Waals surface area contributed by atoms with Gasteiger partial charge >= 0.3 is 0 Å². The summed E-state index contributed by atoms with van der Waals surface area (Å²) in [5.74, 6) is 0.801. The molecule has 88 valence electrons. The zero-order chi connectivity index (χ0) is 10.7. The highest BCUT2D eigenvalue weighted by molar-refractivity contribution is 4.87. The molecule has 2 fully saturated rings. The summed E-state index contributed by atoms with van der Waals surface area (Å²) in [7, 11) is 0. The van der Waals surface area contributed by atoms with Gasteiger partial charge in [0.05, 0.1) is 18.8 Å². The lowest BCUT2D eigenvalue weighted by Crippen LogP contribution is -2.48. The van der Waals surface area contributed by atoms with Crippen molar-refractivity contribution in [1.82, 2.24) is 4.90 Å². The van der Waals surface area contributed by atoms with Crippen molar-refractivity contribution in [2.75, 3.05) is 32.8 Å². The van der Waals surface area contributed by atoms with Gasteiger partial charge in [-0.2, -0.15) is 0 Å². The molecule has 15 heavy (non-hydrogen) atoms. The van der Waals surface area contributed by atoms with Gasteiger partial charge in [-0.25, -0.2) is 0 Å². The van der Waals surface area contributed by atoms with Crippen LogP contribution in [0.1, 0.15) is 32.6 Å². The normalized spacial score (nSPS) is 39.2. The highest BCUT2D eigenvalue weighted by Crippen LogP contribution is 2.32. The van der Waals surface area contributed by atoms with Gasteiger partial charge < -0.3 is 9.84 Å². The summed E-state index contributed by atoms with van der Waals surface area (Å²) in [4.78, 5) is 2.35. The van der Waals surface area contributed by atoms with Crippen LogP contribution in [-0.2, 0) is 4.74 Å². The van der Waals surface area contributed by atoms with E-state index >= 15 is 0 Å². The van der Waals surface area contributed by atoms with Crippen molar-refractivity contribution >= 4 is 0 Å². The van der Waals surface area contributed by atoms with Crippen LogP contribution in [0.4, 0.5) is 0 Å². The lowest BCUT2D eigenvalue weighted by Gasteiger charge is -2.39. The minimum atomic E-state index is -0.413. The summed E-state index contributed by atoms with van der Waals surface area (Å²) < 4.78 is 5.32. The summed E-state index contributed by atoms with van der Waals surface area (Å²) in [6, 6.07) is 0. The molecular weight excluding hydrogens is 190 g/mol. The van der Waals surface area contributed by atoms with E-state index in [0.717, 1.165) is 51.6 Å². The minimum Gasteiger partial charge on any atom is -0.389 e. The third kappa shape index (κ3) is 3.16. The van der Waals surface area contributed by atoms with Crippen molar-refractivity contribution in [3.63, 3.8) is 0 Å². The van der Waals surface area contributed by atoms with Crippen LogP contribution in [-0.4, -0.2) is 48.5 Å². The zero-order valence-corrected chi connectivity index (χ0v) is 9.74. The van der Waals surface area contributed by atoms with Crippen molar-refractivity contribution in [3.8, 4) is 0 Å². The predicted molar refractivity (Wildman–Crippen MR) is 59.8 cm³/mol. The number of rotatable bonds is 2. The summed E-state index contributed by atoms with van der Waals surface area (Å²) >= 11 is 0. The monoisotopic (exact) mass is 213 g/mol. The van der Waals surface area contributed by atoms with E-state index in [4.69, 9.17) is 4.74 Å². The number of hydrogen-bond acceptors (Lipinski definition) is 3. The van der Waals surface area contributed by atoms with E-state index in [2.05, 4.69) is 11.8 Å². The largest absolute Gasteiger partial charge is 0.389 e. The lowest BCUT2D eigenvalue weighted by atomic mass is 9.79. The molecule has 1 aliphatic carbocycles. The minimum absolute atomic E-state index is 0.413. The molecule has 2 aliphatic rings. The van der Waals surface area contributed by atoms with E-state index in [-0.39, 0.29) is 0 Å². The molecule has 0 aromatic carbocycles. The molecule has 0 aromatic heterocycles. The standard InChI is InChI=1S/C12H23NO2/c1-11-2-4-12(14,5-3-11)10-13-6-8-15-9-7-13/h11,14H,2-10H2,1H3. The summed E-state index contributed by atoms with van der Waals surface area (Å²) in [6.45, 7) is 6.76. The molecule has 0 aromatic rings. The third-order valence-electron chi connectivity index (χ3n) is 3.83. The molecule has 3 nitrogen and oxygen atoms in total. The van der Waals surface area contributed by atoms with E-state index in [0.29, 0.717) is 0 Å². The fourth-order valence-electron chi connectivity index (χ4n) is 2.63. The van der Waals surface area contributed by atoms with Gasteiger partial charge in [0.1, 0.15) is 0 Å². The summed E-state index contributed by atoms with van der Waals surface area (Å²) in [5.41, 5.74) is -0.413. The molecule has 0 radical (unpaired) electrons.